The molecule has 0 radical (unpaired) electrons. The molecule has 0 fully saturated rings. The zero-order chi connectivity index (χ0) is 14.1. The van der Waals surface area contributed by atoms with E-state index in [1.54, 1.807) is 18.2 Å². The Balaban J connectivity index is 2.13. The Morgan fingerprint density at radius 3 is 2.53 bits per heavy atom. The summed E-state index contributed by atoms with van der Waals surface area (Å²) in [6.07, 6.45) is 5.92. The number of benzene rings is 1. The van der Waals surface area contributed by atoms with Gasteiger partial charge in [0, 0.05) is 6.54 Å². The molecule has 0 aliphatic rings. The average molecular weight is 263 g/mol. The van der Waals surface area contributed by atoms with Gasteiger partial charge in [-0.2, -0.15) is 0 Å². The molecule has 0 unspecified atom stereocenters. The minimum atomic E-state index is -0.194. The predicted octanol–water partition coefficient (Wildman–Crippen LogP) is 3.73. The number of nitrogens with one attached hydrogen (secondary N) is 1. The maximum Gasteiger partial charge on any atom is 0.255 e. The summed E-state index contributed by atoms with van der Waals surface area (Å²) in [5.41, 5.74) is 0.349. The van der Waals surface area contributed by atoms with Crippen LogP contribution in [0.3, 0.4) is 0 Å². The molecule has 0 saturated heterocycles. The van der Waals surface area contributed by atoms with E-state index < -0.39 is 0 Å². The highest BCUT2D eigenvalue weighted by Crippen LogP contribution is 2.15. The Labute approximate surface area is 116 Å². The van der Waals surface area contributed by atoms with Crippen molar-refractivity contribution in [3.63, 3.8) is 0 Å². The van der Waals surface area contributed by atoms with Crippen molar-refractivity contribution in [1.29, 1.82) is 0 Å². The van der Waals surface area contributed by atoms with Gasteiger partial charge in [-0.3, -0.25) is 4.79 Å². The van der Waals surface area contributed by atoms with Gasteiger partial charge < -0.3 is 10.4 Å². The van der Waals surface area contributed by atoms with Crippen LogP contribution in [0.25, 0.3) is 0 Å². The normalized spacial score (nSPS) is 10.7. The zero-order valence-corrected chi connectivity index (χ0v) is 12.0. The van der Waals surface area contributed by atoms with Crippen LogP contribution in [-0.4, -0.2) is 17.6 Å². The van der Waals surface area contributed by atoms with E-state index in [-0.39, 0.29) is 11.7 Å². The summed E-state index contributed by atoms with van der Waals surface area (Å²) in [5, 5.41) is 12.4. The SMILES string of the molecule is CC(C)CCCCCCNC(=O)c1ccccc1O. The third-order valence-corrected chi connectivity index (χ3v) is 3.14. The lowest BCUT2D eigenvalue weighted by Gasteiger charge is -2.07. The summed E-state index contributed by atoms with van der Waals surface area (Å²) in [7, 11) is 0. The Hall–Kier alpha value is -1.51. The monoisotopic (exact) mass is 263 g/mol. The molecule has 1 aromatic carbocycles. The summed E-state index contributed by atoms with van der Waals surface area (Å²) < 4.78 is 0. The lowest BCUT2D eigenvalue weighted by molar-refractivity contribution is 0.0950. The van der Waals surface area contributed by atoms with Gasteiger partial charge in [-0.25, -0.2) is 0 Å². The predicted molar refractivity (Wildman–Crippen MR) is 78.4 cm³/mol. The second kappa shape index (κ2) is 8.57. The number of para-hydroxylation sites is 1. The Kier molecular flexibility index (Phi) is 7.01. The molecule has 19 heavy (non-hydrogen) atoms. The molecule has 0 heterocycles. The van der Waals surface area contributed by atoms with Crippen molar-refractivity contribution in [1.82, 2.24) is 5.32 Å². The van der Waals surface area contributed by atoms with Gasteiger partial charge in [0.15, 0.2) is 0 Å². The van der Waals surface area contributed by atoms with Gasteiger partial charge in [-0.1, -0.05) is 51.7 Å². The molecule has 0 spiro atoms. The lowest BCUT2D eigenvalue weighted by Crippen LogP contribution is -2.24. The first kappa shape index (κ1) is 15.5. The molecule has 2 N–H and O–H groups in total. The molecular weight excluding hydrogens is 238 g/mol. The molecule has 3 nitrogen and oxygen atoms in total. The molecule has 0 bridgehead atoms. The topological polar surface area (TPSA) is 49.3 Å². The molecule has 0 aromatic heterocycles. The van der Waals surface area contributed by atoms with Gasteiger partial charge in [0.05, 0.1) is 5.56 Å². The zero-order valence-electron chi connectivity index (χ0n) is 12.0. The molecule has 1 amide bonds. The second-order valence-electron chi connectivity index (χ2n) is 5.37. The van der Waals surface area contributed by atoms with Crippen molar-refractivity contribution >= 4 is 5.91 Å². The first-order chi connectivity index (χ1) is 9.11. The molecule has 0 saturated carbocycles. The average Bonchev–Trinajstić information content (AvgIpc) is 2.37. The van der Waals surface area contributed by atoms with E-state index in [4.69, 9.17) is 0 Å². The summed E-state index contributed by atoms with van der Waals surface area (Å²) >= 11 is 0. The lowest BCUT2D eigenvalue weighted by atomic mass is 10.0. The van der Waals surface area contributed by atoms with Crippen LogP contribution in [0.2, 0.25) is 0 Å². The van der Waals surface area contributed by atoms with E-state index >= 15 is 0 Å². The van der Waals surface area contributed by atoms with Crippen LogP contribution in [0.4, 0.5) is 0 Å². The molecule has 106 valence electrons. The molecule has 0 atom stereocenters. The Morgan fingerprint density at radius 2 is 1.84 bits per heavy atom. The van der Waals surface area contributed by atoms with Crippen LogP contribution in [0.15, 0.2) is 24.3 Å². The fourth-order valence-corrected chi connectivity index (χ4v) is 1.99. The summed E-state index contributed by atoms with van der Waals surface area (Å²) in [6, 6.07) is 6.62. The van der Waals surface area contributed by atoms with Gasteiger partial charge in [-0.05, 0) is 24.5 Å². The summed E-state index contributed by atoms with van der Waals surface area (Å²) in [4.78, 5) is 11.8. The highest BCUT2D eigenvalue weighted by atomic mass is 16.3. The van der Waals surface area contributed by atoms with Crippen LogP contribution in [0.1, 0.15) is 56.3 Å². The number of rotatable bonds is 8. The van der Waals surface area contributed by atoms with Crippen LogP contribution >= 0.6 is 0 Å². The maximum atomic E-state index is 11.8. The Bertz CT molecular complexity index is 388. The molecule has 3 heteroatoms. The van der Waals surface area contributed by atoms with Crippen LogP contribution in [0, 0.1) is 5.92 Å². The number of carbonyl (C=O) groups excluding carboxylic acids is 1. The van der Waals surface area contributed by atoms with E-state index in [1.807, 2.05) is 0 Å². The van der Waals surface area contributed by atoms with Crippen LogP contribution in [0.5, 0.6) is 5.75 Å². The van der Waals surface area contributed by atoms with Crippen molar-refractivity contribution in [3.8, 4) is 5.75 Å². The van der Waals surface area contributed by atoms with Gasteiger partial charge in [0.2, 0.25) is 0 Å². The largest absolute Gasteiger partial charge is 0.507 e. The first-order valence-corrected chi connectivity index (χ1v) is 7.17. The standard InChI is InChI=1S/C16H25NO2/c1-13(2)9-5-3-4-8-12-17-16(19)14-10-6-7-11-15(14)18/h6-7,10-11,13,18H,3-5,8-9,12H2,1-2H3,(H,17,19). The van der Waals surface area contributed by atoms with Gasteiger partial charge in [-0.15, -0.1) is 0 Å². The fourth-order valence-electron chi connectivity index (χ4n) is 1.99. The van der Waals surface area contributed by atoms with Crippen molar-refractivity contribution in [2.75, 3.05) is 6.54 Å². The highest BCUT2D eigenvalue weighted by molar-refractivity contribution is 5.96. The maximum absolute atomic E-state index is 11.8. The van der Waals surface area contributed by atoms with Crippen LogP contribution < -0.4 is 5.32 Å². The highest BCUT2D eigenvalue weighted by Gasteiger charge is 2.08. The van der Waals surface area contributed by atoms with E-state index in [1.165, 1.54) is 25.3 Å². The molecule has 0 aliphatic heterocycles. The number of hydrogen-bond donors (Lipinski definition) is 2. The van der Waals surface area contributed by atoms with Gasteiger partial charge in [0.25, 0.3) is 5.91 Å². The van der Waals surface area contributed by atoms with Crippen molar-refractivity contribution in [2.24, 2.45) is 5.92 Å². The number of phenolic OH excluding ortho intramolecular Hbond substituents is 1. The third-order valence-electron chi connectivity index (χ3n) is 3.14. The van der Waals surface area contributed by atoms with Gasteiger partial charge in [0.1, 0.15) is 5.75 Å². The summed E-state index contributed by atoms with van der Waals surface area (Å²) in [6.45, 7) is 5.16. The first-order valence-electron chi connectivity index (χ1n) is 7.17. The van der Waals surface area contributed by atoms with E-state index in [0.29, 0.717) is 12.1 Å². The molecule has 1 aromatic rings. The van der Waals surface area contributed by atoms with E-state index in [9.17, 15) is 9.90 Å². The van der Waals surface area contributed by atoms with Crippen LogP contribution in [-0.2, 0) is 0 Å². The quantitative estimate of drug-likeness (QED) is 0.702. The Morgan fingerprint density at radius 1 is 1.16 bits per heavy atom. The van der Waals surface area contributed by atoms with Crippen molar-refractivity contribution < 1.29 is 9.90 Å². The van der Waals surface area contributed by atoms with Gasteiger partial charge >= 0.3 is 0 Å². The molecule has 1 rings (SSSR count). The minimum absolute atomic E-state index is 0.0388. The smallest absolute Gasteiger partial charge is 0.255 e. The number of hydrogen-bond acceptors (Lipinski definition) is 2. The van der Waals surface area contributed by atoms with E-state index in [2.05, 4.69) is 19.2 Å². The number of phenols is 1. The second-order valence-corrected chi connectivity index (χ2v) is 5.37. The molecular formula is C16H25NO2. The molecule has 0 aliphatic carbocycles. The van der Waals surface area contributed by atoms with Crippen molar-refractivity contribution in [2.45, 2.75) is 46.0 Å². The fraction of sp³-hybridized carbons (Fsp3) is 0.562. The number of amides is 1. The third kappa shape index (κ3) is 6.27. The number of carbonyl (C=O) groups is 1. The summed E-state index contributed by atoms with van der Waals surface area (Å²) in [5.74, 6) is 0.623. The minimum Gasteiger partial charge on any atom is -0.507 e. The van der Waals surface area contributed by atoms with E-state index in [0.717, 1.165) is 18.8 Å². The number of aromatic hydroxyl groups is 1. The van der Waals surface area contributed by atoms with Crippen molar-refractivity contribution in [3.05, 3.63) is 29.8 Å². The number of unbranched alkanes of at least 4 members (excludes halogenated alkanes) is 3.